The molecule has 0 bridgehead atoms. The zero-order valence-corrected chi connectivity index (χ0v) is 13.3. The number of amides is 1. The Kier molecular flexibility index (Phi) is 5.28. The monoisotopic (exact) mass is 295 g/mol. The second-order valence-corrected chi connectivity index (χ2v) is 7.38. The zero-order chi connectivity index (χ0) is 15.5. The number of hydrogen-bond donors (Lipinski definition) is 2. The van der Waals surface area contributed by atoms with Crippen LogP contribution < -0.4 is 5.32 Å². The van der Waals surface area contributed by atoms with E-state index in [-0.39, 0.29) is 11.8 Å². The van der Waals surface area contributed by atoms with E-state index in [1.807, 2.05) is 13.8 Å². The summed E-state index contributed by atoms with van der Waals surface area (Å²) in [5, 5.41) is 12.7. The summed E-state index contributed by atoms with van der Waals surface area (Å²) in [6, 6.07) is 0. The molecule has 4 atom stereocenters. The number of fused-ring (bicyclic) bond motifs is 1. The number of hydrogen-bond acceptors (Lipinski definition) is 2. The molecule has 0 aromatic rings. The quantitative estimate of drug-likeness (QED) is 0.739. The highest BCUT2D eigenvalue weighted by Crippen LogP contribution is 2.49. The molecule has 0 saturated heterocycles. The fraction of sp³-hybridized carbons (Fsp3) is 0.882. The van der Waals surface area contributed by atoms with Gasteiger partial charge in [0.15, 0.2) is 0 Å². The van der Waals surface area contributed by atoms with Crippen LogP contribution >= 0.6 is 0 Å². The van der Waals surface area contributed by atoms with Crippen molar-refractivity contribution in [3.8, 4) is 0 Å². The van der Waals surface area contributed by atoms with Crippen molar-refractivity contribution in [2.75, 3.05) is 0 Å². The normalized spacial score (nSPS) is 32.0. The molecule has 3 unspecified atom stereocenters. The van der Waals surface area contributed by atoms with Gasteiger partial charge in [-0.1, -0.05) is 46.0 Å². The lowest BCUT2D eigenvalue weighted by molar-refractivity contribution is -0.153. The second kappa shape index (κ2) is 6.80. The van der Waals surface area contributed by atoms with E-state index in [1.54, 1.807) is 0 Å². The third-order valence-corrected chi connectivity index (χ3v) is 5.64. The van der Waals surface area contributed by atoms with Gasteiger partial charge in [0, 0.05) is 0 Å². The Bertz CT molecular complexity index is 380. The third kappa shape index (κ3) is 3.24. The molecule has 0 radical (unpaired) electrons. The molecule has 120 valence electrons. The summed E-state index contributed by atoms with van der Waals surface area (Å²) in [6.07, 6.45) is 9.23. The third-order valence-electron chi connectivity index (χ3n) is 5.64. The SMILES string of the molecule is CC(C)C[C@](NC=O)(C(=O)O)C1CCCC2CCCCC21. The Morgan fingerprint density at radius 3 is 2.52 bits per heavy atom. The molecule has 0 heterocycles. The smallest absolute Gasteiger partial charge is 0.329 e. The molecule has 2 aliphatic rings. The van der Waals surface area contributed by atoms with Gasteiger partial charge in [-0.25, -0.2) is 4.79 Å². The van der Waals surface area contributed by atoms with Gasteiger partial charge in [0.2, 0.25) is 6.41 Å². The van der Waals surface area contributed by atoms with Gasteiger partial charge in [0.25, 0.3) is 0 Å². The number of nitrogens with one attached hydrogen (secondary N) is 1. The fourth-order valence-corrected chi connectivity index (χ4v) is 4.92. The van der Waals surface area contributed by atoms with Gasteiger partial charge >= 0.3 is 5.97 Å². The van der Waals surface area contributed by atoms with Gasteiger partial charge in [0.05, 0.1) is 0 Å². The van der Waals surface area contributed by atoms with Crippen LogP contribution in [-0.4, -0.2) is 23.0 Å². The van der Waals surface area contributed by atoms with Crippen molar-refractivity contribution in [3.05, 3.63) is 0 Å². The minimum Gasteiger partial charge on any atom is -0.479 e. The second-order valence-electron chi connectivity index (χ2n) is 7.38. The number of carbonyl (C=O) groups is 2. The van der Waals surface area contributed by atoms with Crippen LogP contribution in [0, 0.1) is 23.7 Å². The maximum Gasteiger partial charge on any atom is 0.329 e. The van der Waals surface area contributed by atoms with Gasteiger partial charge < -0.3 is 10.4 Å². The first-order valence-electron chi connectivity index (χ1n) is 8.46. The Hall–Kier alpha value is -1.06. The molecule has 4 nitrogen and oxygen atoms in total. The van der Waals surface area contributed by atoms with E-state index in [4.69, 9.17) is 0 Å². The van der Waals surface area contributed by atoms with Crippen LogP contribution in [0.25, 0.3) is 0 Å². The van der Waals surface area contributed by atoms with Crippen LogP contribution in [0.3, 0.4) is 0 Å². The van der Waals surface area contributed by atoms with E-state index in [1.165, 1.54) is 25.7 Å². The average Bonchev–Trinajstić information content (AvgIpc) is 2.45. The number of rotatable bonds is 6. The summed E-state index contributed by atoms with van der Waals surface area (Å²) in [4.78, 5) is 23.2. The lowest BCUT2D eigenvalue weighted by atomic mass is 9.58. The Morgan fingerprint density at radius 1 is 1.24 bits per heavy atom. The minimum atomic E-state index is -1.07. The first kappa shape index (κ1) is 16.3. The van der Waals surface area contributed by atoms with Crippen LogP contribution in [-0.2, 0) is 9.59 Å². The number of carbonyl (C=O) groups excluding carboxylic acids is 1. The zero-order valence-electron chi connectivity index (χ0n) is 13.3. The standard InChI is InChI=1S/C17H29NO3/c1-12(2)10-17(16(20)21,18-11-19)15-9-5-7-13-6-3-4-8-14(13)15/h11-15H,3-10H2,1-2H3,(H,18,19)(H,20,21)/t13?,14?,15?,17-/m1/s1. The van der Waals surface area contributed by atoms with E-state index in [9.17, 15) is 14.7 Å². The fourth-order valence-electron chi connectivity index (χ4n) is 4.92. The average molecular weight is 295 g/mol. The summed E-state index contributed by atoms with van der Waals surface area (Å²) in [6.45, 7) is 4.07. The molecule has 4 heteroatoms. The maximum atomic E-state index is 12.1. The molecule has 21 heavy (non-hydrogen) atoms. The van der Waals surface area contributed by atoms with Crippen LogP contribution in [0.1, 0.15) is 65.2 Å². The van der Waals surface area contributed by atoms with E-state index in [0.29, 0.717) is 24.7 Å². The summed E-state index contributed by atoms with van der Waals surface area (Å²) in [5.74, 6) is 0.616. The Balaban J connectivity index is 2.32. The summed E-state index contributed by atoms with van der Waals surface area (Å²) in [5.41, 5.74) is -1.07. The lowest BCUT2D eigenvalue weighted by Crippen LogP contribution is -2.61. The Morgan fingerprint density at radius 2 is 1.90 bits per heavy atom. The number of carboxylic acid groups (broad SMARTS) is 1. The van der Waals surface area contributed by atoms with Crippen molar-refractivity contribution >= 4 is 12.4 Å². The lowest BCUT2D eigenvalue weighted by Gasteiger charge is -2.49. The van der Waals surface area contributed by atoms with Crippen molar-refractivity contribution in [1.82, 2.24) is 5.32 Å². The van der Waals surface area contributed by atoms with Gasteiger partial charge in [-0.2, -0.15) is 0 Å². The molecule has 2 rings (SSSR count). The molecular formula is C17H29NO3. The largest absolute Gasteiger partial charge is 0.479 e. The van der Waals surface area contributed by atoms with Crippen molar-refractivity contribution in [2.45, 2.75) is 70.8 Å². The summed E-state index contributed by atoms with van der Waals surface area (Å²) in [7, 11) is 0. The maximum absolute atomic E-state index is 12.1. The van der Waals surface area contributed by atoms with Crippen molar-refractivity contribution < 1.29 is 14.7 Å². The first-order chi connectivity index (χ1) is 10.0. The van der Waals surface area contributed by atoms with E-state index < -0.39 is 11.5 Å². The molecule has 0 aromatic carbocycles. The van der Waals surface area contributed by atoms with Crippen LogP contribution in [0.5, 0.6) is 0 Å². The predicted molar refractivity (Wildman–Crippen MR) is 81.8 cm³/mol. The highest BCUT2D eigenvalue weighted by Gasteiger charge is 2.51. The molecule has 0 spiro atoms. The molecule has 0 aromatic heterocycles. The summed E-state index contributed by atoms with van der Waals surface area (Å²) >= 11 is 0. The van der Waals surface area contributed by atoms with Gasteiger partial charge in [0.1, 0.15) is 5.54 Å². The molecule has 2 fully saturated rings. The molecule has 1 amide bonds. The summed E-state index contributed by atoms with van der Waals surface area (Å²) < 4.78 is 0. The van der Waals surface area contributed by atoms with Crippen LogP contribution in [0.2, 0.25) is 0 Å². The van der Waals surface area contributed by atoms with E-state index >= 15 is 0 Å². The topological polar surface area (TPSA) is 66.4 Å². The minimum absolute atomic E-state index is 0.0849. The molecule has 2 saturated carbocycles. The predicted octanol–water partition coefficient (Wildman–Crippen LogP) is 3.21. The number of aliphatic carboxylic acids is 1. The van der Waals surface area contributed by atoms with E-state index in [2.05, 4.69) is 5.32 Å². The van der Waals surface area contributed by atoms with Gasteiger partial charge in [-0.05, 0) is 42.9 Å². The molecule has 2 aliphatic carbocycles. The van der Waals surface area contributed by atoms with Crippen molar-refractivity contribution in [2.24, 2.45) is 23.7 Å². The Labute approximate surface area is 127 Å². The highest BCUT2D eigenvalue weighted by molar-refractivity contribution is 5.82. The number of carboxylic acids is 1. The van der Waals surface area contributed by atoms with Crippen molar-refractivity contribution in [1.29, 1.82) is 0 Å². The molecular weight excluding hydrogens is 266 g/mol. The van der Waals surface area contributed by atoms with Gasteiger partial charge in [-0.3, -0.25) is 4.79 Å². The van der Waals surface area contributed by atoms with Crippen LogP contribution in [0.15, 0.2) is 0 Å². The van der Waals surface area contributed by atoms with Gasteiger partial charge in [-0.15, -0.1) is 0 Å². The van der Waals surface area contributed by atoms with Crippen LogP contribution in [0.4, 0.5) is 0 Å². The first-order valence-corrected chi connectivity index (χ1v) is 8.46. The molecule has 0 aliphatic heterocycles. The molecule has 2 N–H and O–H groups in total. The van der Waals surface area contributed by atoms with Crippen molar-refractivity contribution in [3.63, 3.8) is 0 Å². The highest BCUT2D eigenvalue weighted by atomic mass is 16.4. The van der Waals surface area contributed by atoms with E-state index in [0.717, 1.165) is 19.3 Å².